The lowest BCUT2D eigenvalue weighted by atomic mass is 10.1. The molecule has 0 spiro atoms. The van der Waals surface area contributed by atoms with Crippen LogP contribution in [0.3, 0.4) is 0 Å². The molecule has 1 aliphatic heterocycles. The van der Waals surface area contributed by atoms with Crippen LogP contribution in [0.1, 0.15) is 13.3 Å². The second-order valence-corrected chi connectivity index (χ2v) is 7.11. The number of amides is 3. The first kappa shape index (κ1) is 21.4. The fourth-order valence-electron chi connectivity index (χ4n) is 3.18. The molecule has 9 heteroatoms. The highest BCUT2D eigenvalue weighted by molar-refractivity contribution is 7.80. The molecule has 1 aliphatic rings. The number of nitrogens with one attached hydrogen (secondary N) is 2. The molecule has 0 radical (unpaired) electrons. The highest BCUT2D eigenvalue weighted by atomic mass is 32.1. The first-order valence-corrected chi connectivity index (χ1v) is 9.77. The van der Waals surface area contributed by atoms with Crippen LogP contribution in [0.2, 0.25) is 0 Å². The number of halogens is 1. The molecule has 2 aromatic carbocycles. The molecular formula is C21H21FN4O3S. The third kappa shape index (κ3) is 4.98. The average molecular weight is 428 g/mol. The summed E-state index contributed by atoms with van der Waals surface area (Å²) in [6, 6.07) is 13.5. The summed E-state index contributed by atoms with van der Waals surface area (Å²) in [7, 11) is 0. The summed E-state index contributed by atoms with van der Waals surface area (Å²) >= 11 is 5.52. The number of anilines is 2. The zero-order chi connectivity index (χ0) is 21.7. The second kappa shape index (κ2) is 9.45. The van der Waals surface area contributed by atoms with Gasteiger partial charge in [0.05, 0.1) is 12.1 Å². The van der Waals surface area contributed by atoms with Crippen molar-refractivity contribution in [1.82, 2.24) is 10.2 Å². The van der Waals surface area contributed by atoms with Crippen LogP contribution in [-0.2, 0) is 14.4 Å². The van der Waals surface area contributed by atoms with Gasteiger partial charge in [-0.25, -0.2) is 4.39 Å². The molecule has 2 aromatic rings. The van der Waals surface area contributed by atoms with E-state index in [4.69, 9.17) is 12.2 Å². The summed E-state index contributed by atoms with van der Waals surface area (Å²) < 4.78 is 13.1. The monoisotopic (exact) mass is 428 g/mol. The number of carbonyl (C=O) groups is 3. The molecule has 7 nitrogen and oxygen atoms in total. The van der Waals surface area contributed by atoms with E-state index in [9.17, 15) is 18.8 Å². The summed E-state index contributed by atoms with van der Waals surface area (Å²) in [4.78, 5) is 39.9. The number of rotatable bonds is 7. The number of thiocarbonyl (C=S) groups is 1. The van der Waals surface area contributed by atoms with Crippen molar-refractivity contribution >= 4 is 46.4 Å². The van der Waals surface area contributed by atoms with E-state index in [2.05, 4.69) is 10.6 Å². The van der Waals surface area contributed by atoms with Crippen molar-refractivity contribution in [2.45, 2.75) is 19.4 Å². The lowest BCUT2D eigenvalue weighted by molar-refractivity contribution is -0.124. The van der Waals surface area contributed by atoms with E-state index in [-0.39, 0.29) is 36.4 Å². The average Bonchev–Trinajstić information content (AvgIpc) is 2.94. The van der Waals surface area contributed by atoms with Crippen LogP contribution in [0.4, 0.5) is 15.8 Å². The molecule has 1 saturated heterocycles. The Labute approximate surface area is 178 Å². The van der Waals surface area contributed by atoms with Gasteiger partial charge in [0.2, 0.25) is 11.8 Å². The topological polar surface area (TPSA) is 81.8 Å². The Hall–Kier alpha value is -3.33. The zero-order valence-electron chi connectivity index (χ0n) is 16.3. The summed E-state index contributed by atoms with van der Waals surface area (Å²) in [5.41, 5.74) is 1.04. The van der Waals surface area contributed by atoms with Gasteiger partial charge < -0.3 is 15.5 Å². The molecule has 1 heterocycles. The molecule has 0 unspecified atom stereocenters. The molecule has 2 N–H and O–H groups in total. The Morgan fingerprint density at radius 3 is 2.40 bits per heavy atom. The first-order chi connectivity index (χ1) is 14.4. The van der Waals surface area contributed by atoms with Gasteiger partial charge in [0.25, 0.3) is 5.91 Å². The molecule has 0 saturated carbocycles. The third-order valence-electron chi connectivity index (χ3n) is 4.57. The smallest absolute Gasteiger partial charge is 0.256 e. The minimum atomic E-state index is -0.813. The SMILES string of the molecule is CC(=O)NCCN1C(=S)N(c2ccccc2)C(=O)[C@@H]1CC(=O)Nc1ccc(F)cc1. The van der Waals surface area contributed by atoms with Crippen LogP contribution in [0.25, 0.3) is 0 Å². The molecule has 1 fully saturated rings. The molecule has 1 atom stereocenters. The predicted octanol–water partition coefficient (Wildman–Crippen LogP) is 2.29. The van der Waals surface area contributed by atoms with Gasteiger partial charge in [-0.05, 0) is 48.6 Å². The number of hydrogen-bond donors (Lipinski definition) is 2. The van der Waals surface area contributed by atoms with Crippen molar-refractivity contribution in [2.75, 3.05) is 23.3 Å². The van der Waals surface area contributed by atoms with Gasteiger partial charge in [0.15, 0.2) is 5.11 Å². The van der Waals surface area contributed by atoms with E-state index in [1.165, 1.54) is 36.1 Å². The maximum Gasteiger partial charge on any atom is 0.256 e. The van der Waals surface area contributed by atoms with E-state index in [0.29, 0.717) is 11.4 Å². The van der Waals surface area contributed by atoms with E-state index >= 15 is 0 Å². The van der Waals surface area contributed by atoms with Crippen LogP contribution in [0.15, 0.2) is 54.6 Å². The van der Waals surface area contributed by atoms with Gasteiger partial charge in [-0.1, -0.05) is 18.2 Å². The largest absolute Gasteiger partial charge is 0.355 e. The molecule has 0 aliphatic carbocycles. The Morgan fingerprint density at radius 2 is 1.77 bits per heavy atom. The summed E-state index contributed by atoms with van der Waals surface area (Å²) in [6.07, 6.45) is -0.139. The van der Waals surface area contributed by atoms with Crippen molar-refractivity contribution in [1.29, 1.82) is 0 Å². The predicted molar refractivity (Wildman–Crippen MR) is 115 cm³/mol. The van der Waals surface area contributed by atoms with Gasteiger partial charge >= 0.3 is 0 Å². The Bertz CT molecular complexity index is 952. The molecule has 3 rings (SSSR count). The molecule has 30 heavy (non-hydrogen) atoms. The van der Waals surface area contributed by atoms with Crippen molar-refractivity contribution < 1.29 is 18.8 Å². The van der Waals surface area contributed by atoms with Gasteiger partial charge in [0.1, 0.15) is 11.9 Å². The van der Waals surface area contributed by atoms with Crippen molar-refractivity contribution in [3.05, 3.63) is 60.4 Å². The summed E-state index contributed by atoms with van der Waals surface area (Å²) in [5, 5.41) is 5.61. The summed E-state index contributed by atoms with van der Waals surface area (Å²) in [6.45, 7) is 1.96. The van der Waals surface area contributed by atoms with Crippen LogP contribution < -0.4 is 15.5 Å². The first-order valence-electron chi connectivity index (χ1n) is 9.36. The molecule has 0 bridgehead atoms. The molecule has 0 aromatic heterocycles. The van der Waals surface area contributed by atoms with Crippen LogP contribution in [0.5, 0.6) is 0 Å². The van der Waals surface area contributed by atoms with E-state index in [0.717, 1.165) is 0 Å². The number of benzene rings is 2. The van der Waals surface area contributed by atoms with Gasteiger partial charge in [0, 0.05) is 25.7 Å². The minimum Gasteiger partial charge on any atom is -0.355 e. The molecular weight excluding hydrogens is 407 g/mol. The van der Waals surface area contributed by atoms with Crippen LogP contribution >= 0.6 is 12.2 Å². The lowest BCUT2D eigenvalue weighted by Crippen LogP contribution is -2.42. The van der Waals surface area contributed by atoms with Crippen molar-refractivity contribution in [3.63, 3.8) is 0 Å². The van der Waals surface area contributed by atoms with E-state index < -0.39 is 17.8 Å². The number of nitrogens with zero attached hydrogens (tertiary/aromatic N) is 2. The van der Waals surface area contributed by atoms with Crippen LogP contribution in [-0.4, -0.2) is 46.9 Å². The van der Waals surface area contributed by atoms with E-state index in [1.807, 2.05) is 6.07 Å². The number of para-hydroxylation sites is 1. The fourth-order valence-corrected chi connectivity index (χ4v) is 3.59. The van der Waals surface area contributed by atoms with Gasteiger partial charge in [-0.2, -0.15) is 0 Å². The number of carbonyl (C=O) groups excluding carboxylic acids is 3. The Morgan fingerprint density at radius 1 is 1.10 bits per heavy atom. The third-order valence-corrected chi connectivity index (χ3v) is 4.98. The maximum atomic E-state index is 13.1. The maximum absolute atomic E-state index is 13.1. The fraction of sp³-hybridized carbons (Fsp3) is 0.238. The Kier molecular flexibility index (Phi) is 6.73. The Balaban J connectivity index is 1.77. The zero-order valence-corrected chi connectivity index (χ0v) is 17.1. The van der Waals surface area contributed by atoms with Crippen molar-refractivity contribution in [3.8, 4) is 0 Å². The van der Waals surface area contributed by atoms with E-state index in [1.54, 1.807) is 29.2 Å². The number of hydrogen-bond acceptors (Lipinski definition) is 4. The minimum absolute atomic E-state index is 0.139. The molecule has 3 amide bonds. The van der Waals surface area contributed by atoms with Gasteiger partial charge in [-0.15, -0.1) is 0 Å². The molecule has 156 valence electrons. The highest BCUT2D eigenvalue weighted by Crippen LogP contribution is 2.27. The quantitative estimate of drug-likeness (QED) is 0.662. The van der Waals surface area contributed by atoms with Crippen molar-refractivity contribution in [2.24, 2.45) is 0 Å². The van der Waals surface area contributed by atoms with Gasteiger partial charge in [-0.3, -0.25) is 19.3 Å². The summed E-state index contributed by atoms with van der Waals surface area (Å²) in [5.74, 6) is -1.32. The van der Waals surface area contributed by atoms with Crippen LogP contribution in [0, 0.1) is 5.82 Å². The highest BCUT2D eigenvalue weighted by Gasteiger charge is 2.43. The normalized spacial score (nSPS) is 16.0. The standard InChI is InChI=1S/C21H21FN4O3S/c1-14(27)23-11-12-25-18(13-19(28)24-16-9-7-15(22)8-10-16)20(29)26(21(25)30)17-5-3-2-4-6-17/h2-10,18H,11-13H2,1H3,(H,23,27)(H,24,28)/t18-/m0/s1. The second-order valence-electron chi connectivity index (χ2n) is 6.74. The lowest BCUT2D eigenvalue weighted by Gasteiger charge is -2.23.